The molecule has 0 bridgehead atoms. The highest BCUT2D eigenvalue weighted by Crippen LogP contribution is 2.18. The minimum Gasteiger partial charge on any atom is -0.494 e. The molecule has 0 spiro atoms. The molecule has 0 aliphatic rings. The third kappa shape index (κ3) is 3.41. The number of benzene rings is 1. The Hall–Kier alpha value is -1.66. The second-order valence-electron chi connectivity index (χ2n) is 3.59. The Kier molecular flexibility index (Phi) is 5.54. The zero-order valence-corrected chi connectivity index (χ0v) is 10.1. The molecule has 5 nitrogen and oxygen atoms in total. The Labute approximate surface area is 104 Å². The van der Waals surface area contributed by atoms with E-state index in [9.17, 15) is 9.18 Å². The maximum Gasteiger partial charge on any atom is 0.254 e. The number of hydrogen-bond donors (Lipinski definition) is 2. The number of ether oxygens (including phenoxy) is 1. The van der Waals surface area contributed by atoms with Crippen LogP contribution in [-0.4, -0.2) is 54.4 Å². The van der Waals surface area contributed by atoms with Crippen LogP contribution >= 0.6 is 0 Å². The molecule has 0 heterocycles. The van der Waals surface area contributed by atoms with Crippen molar-refractivity contribution in [1.82, 2.24) is 4.90 Å². The number of carbonyl (C=O) groups excluding carboxylic acids is 1. The zero-order valence-electron chi connectivity index (χ0n) is 10.1. The van der Waals surface area contributed by atoms with Crippen LogP contribution in [0.5, 0.6) is 5.75 Å². The molecule has 0 saturated carbocycles. The third-order valence-electron chi connectivity index (χ3n) is 2.43. The summed E-state index contributed by atoms with van der Waals surface area (Å²) in [6.45, 7) is -0.255. The number of methoxy groups -OCH3 is 1. The number of rotatable bonds is 6. The lowest BCUT2D eigenvalue weighted by Gasteiger charge is -2.20. The molecule has 1 amide bonds. The van der Waals surface area contributed by atoms with Crippen molar-refractivity contribution in [2.24, 2.45) is 0 Å². The number of aliphatic hydroxyl groups excluding tert-OH is 2. The van der Waals surface area contributed by atoms with Gasteiger partial charge >= 0.3 is 0 Å². The quantitative estimate of drug-likeness (QED) is 0.767. The highest BCUT2D eigenvalue weighted by atomic mass is 19.1. The van der Waals surface area contributed by atoms with Gasteiger partial charge in [0.2, 0.25) is 0 Å². The van der Waals surface area contributed by atoms with Crippen molar-refractivity contribution >= 4 is 5.91 Å². The van der Waals surface area contributed by atoms with Gasteiger partial charge in [-0.15, -0.1) is 0 Å². The molecule has 2 N–H and O–H groups in total. The molecule has 18 heavy (non-hydrogen) atoms. The fraction of sp³-hybridized carbons (Fsp3) is 0.417. The van der Waals surface area contributed by atoms with Gasteiger partial charge in [-0.25, -0.2) is 4.39 Å². The number of nitrogens with zero attached hydrogens (tertiary/aromatic N) is 1. The molecule has 0 unspecified atom stereocenters. The van der Waals surface area contributed by atoms with E-state index in [0.717, 1.165) is 6.07 Å². The first-order valence-corrected chi connectivity index (χ1v) is 5.48. The maximum atomic E-state index is 13.5. The summed E-state index contributed by atoms with van der Waals surface area (Å²) in [7, 11) is 1.34. The molecule has 100 valence electrons. The van der Waals surface area contributed by atoms with Crippen molar-refractivity contribution in [3.63, 3.8) is 0 Å². The van der Waals surface area contributed by atoms with Crippen molar-refractivity contribution in [3.8, 4) is 5.75 Å². The van der Waals surface area contributed by atoms with E-state index in [-0.39, 0.29) is 37.6 Å². The number of hydrogen-bond acceptors (Lipinski definition) is 4. The van der Waals surface area contributed by atoms with Crippen LogP contribution in [0.2, 0.25) is 0 Å². The smallest absolute Gasteiger partial charge is 0.254 e. The fourth-order valence-corrected chi connectivity index (χ4v) is 1.54. The van der Waals surface area contributed by atoms with Gasteiger partial charge in [0, 0.05) is 18.7 Å². The van der Waals surface area contributed by atoms with E-state index in [0.29, 0.717) is 0 Å². The fourth-order valence-electron chi connectivity index (χ4n) is 1.54. The Balaban J connectivity index is 2.90. The van der Waals surface area contributed by atoms with E-state index in [1.807, 2.05) is 0 Å². The van der Waals surface area contributed by atoms with E-state index in [1.165, 1.54) is 24.1 Å². The Bertz CT molecular complexity index is 405. The first-order chi connectivity index (χ1) is 8.63. The Morgan fingerprint density at radius 2 is 1.94 bits per heavy atom. The predicted octanol–water partition coefficient (Wildman–Crippen LogP) is 0.261. The van der Waals surface area contributed by atoms with Crippen molar-refractivity contribution < 1.29 is 24.1 Å². The number of amides is 1. The average Bonchev–Trinajstić information content (AvgIpc) is 2.37. The SMILES string of the molecule is COc1ccc(C(=O)N(CCO)CCO)cc1F. The first-order valence-electron chi connectivity index (χ1n) is 5.48. The summed E-state index contributed by atoms with van der Waals surface area (Å²) in [5, 5.41) is 17.7. The molecule has 0 aliphatic carbocycles. The molecule has 1 aromatic rings. The second-order valence-corrected chi connectivity index (χ2v) is 3.59. The van der Waals surface area contributed by atoms with Crippen LogP contribution in [0.1, 0.15) is 10.4 Å². The summed E-state index contributed by atoms with van der Waals surface area (Å²) >= 11 is 0. The van der Waals surface area contributed by atoms with Gasteiger partial charge in [-0.1, -0.05) is 0 Å². The van der Waals surface area contributed by atoms with Gasteiger partial charge in [0.25, 0.3) is 5.91 Å². The number of aliphatic hydroxyl groups is 2. The molecule has 0 fully saturated rings. The monoisotopic (exact) mass is 257 g/mol. The summed E-state index contributed by atoms with van der Waals surface area (Å²) in [6, 6.07) is 3.87. The summed E-state index contributed by atoms with van der Waals surface area (Å²) in [5.41, 5.74) is 0.148. The molecular weight excluding hydrogens is 241 g/mol. The average molecular weight is 257 g/mol. The molecule has 0 aromatic heterocycles. The maximum absolute atomic E-state index is 13.5. The first kappa shape index (κ1) is 14.4. The molecule has 6 heteroatoms. The lowest BCUT2D eigenvalue weighted by Crippen LogP contribution is -2.35. The topological polar surface area (TPSA) is 70.0 Å². The molecule has 0 radical (unpaired) electrons. The molecule has 0 atom stereocenters. The van der Waals surface area contributed by atoms with Crippen LogP contribution in [0.4, 0.5) is 4.39 Å². The van der Waals surface area contributed by atoms with Crippen molar-refractivity contribution in [3.05, 3.63) is 29.6 Å². The van der Waals surface area contributed by atoms with Crippen LogP contribution in [0.15, 0.2) is 18.2 Å². The van der Waals surface area contributed by atoms with E-state index in [4.69, 9.17) is 14.9 Å². The lowest BCUT2D eigenvalue weighted by atomic mass is 10.2. The standard InChI is InChI=1S/C12H16FNO4/c1-18-11-3-2-9(8-10(11)13)12(17)14(4-6-15)5-7-16/h2-3,8,15-16H,4-7H2,1H3. The Morgan fingerprint density at radius 3 is 2.39 bits per heavy atom. The molecule has 0 saturated heterocycles. The predicted molar refractivity (Wildman–Crippen MR) is 63.0 cm³/mol. The molecule has 1 rings (SSSR count). The molecular formula is C12H16FNO4. The van der Waals surface area contributed by atoms with Crippen LogP contribution in [0.25, 0.3) is 0 Å². The summed E-state index contributed by atoms with van der Waals surface area (Å²) in [5.74, 6) is -1.02. The van der Waals surface area contributed by atoms with Crippen LogP contribution in [-0.2, 0) is 0 Å². The van der Waals surface area contributed by atoms with Gasteiger partial charge in [0.05, 0.1) is 20.3 Å². The Morgan fingerprint density at radius 1 is 1.33 bits per heavy atom. The minimum atomic E-state index is -0.628. The van der Waals surface area contributed by atoms with E-state index < -0.39 is 11.7 Å². The van der Waals surface area contributed by atoms with Gasteiger partial charge in [-0.05, 0) is 18.2 Å². The van der Waals surface area contributed by atoms with Crippen LogP contribution < -0.4 is 4.74 Å². The van der Waals surface area contributed by atoms with E-state index in [1.54, 1.807) is 0 Å². The summed E-state index contributed by atoms with van der Waals surface area (Å²) in [4.78, 5) is 13.2. The number of carbonyl (C=O) groups is 1. The second kappa shape index (κ2) is 6.93. The largest absolute Gasteiger partial charge is 0.494 e. The van der Waals surface area contributed by atoms with E-state index >= 15 is 0 Å². The van der Waals surface area contributed by atoms with Gasteiger partial charge in [-0.2, -0.15) is 0 Å². The van der Waals surface area contributed by atoms with Crippen molar-refractivity contribution in [2.45, 2.75) is 0 Å². The van der Waals surface area contributed by atoms with Crippen molar-refractivity contribution in [2.75, 3.05) is 33.4 Å². The van der Waals surface area contributed by atoms with Gasteiger partial charge in [0.15, 0.2) is 11.6 Å². The van der Waals surface area contributed by atoms with Crippen molar-refractivity contribution in [1.29, 1.82) is 0 Å². The van der Waals surface area contributed by atoms with Crippen LogP contribution in [0, 0.1) is 5.82 Å². The minimum absolute atomic E-state index is 0.0578. The van der Waals surface area contributed by atoms with Gasteiger partial charge in [-0.3, -0.25) is 4.79 Å². The summed E-state index contributed by atoms with van der Waals surface area (Å²) < 4.78 is 18.2. The molecule has 0 aliphatic heterocycles. The molecule has 1 aromatic carbocycles. The third-order valence-corrected chi connectivity index (χ3v) is 2.43. The highest BCUT2D eigenvalue weighted by Gasteiger charge is 2.16. The zero-order chi connectivity index (χ0) is 13.5. The normalized spacial score (nSPS) is 10.2. The lowest BCUT2D eigenvalue weighted by molar-refractivity contribution is 0.0684. The number of halogens is 1. The van der Waals surface area contributed by atoms with Gasteiger partial charge < -0.3 is 19.8 Å². The van der Waals surface area contributed by atoms with E-state index in [2.05, 4.69) is 0 Å². The van der Waals surface area contributed by atoms with Crippen LogP contribution in [0.3, 0.4) is 0 Å². The van der Waals surface area contributed by atoms with Gasteiger partial charge in [0.1, 0.15) is 0 Å². The highest BCUT2D eigenvalue weighted by molar-refractivity contribution is 5.94. The summed E-state index contributed by atoms with van der Waals surface area (Å²) in [6.07, 6.45) is 0.